The number of thioether (sulfide) groups is 1. The lowest BCUT2D eigenvalue weighted by Crippen LogP contribution is -2.22. The van der Waals surface area contributed by atoms with E-state index in [1.807, 2.05) is 0 Å². The molecule has 24 heavy (non-hydrogen) atoms. The molecule has 3 heterocycles. The highest BCUT2D eigenvalue weighted by Gasteiger charge is 2.31. The van der Waals surface area contributed by atoms with Gasteiger partial charge in [-0.2, -0.15) is 0 Å². The molecule has 6 nitrogen and oxygen atoms in total. The van der Waals surface area contributed by atoms with Gasteiger partial charge in [-0.25, -0.2) is 0 Å². The number of esters is 1. The Balaban J connectivity index is 1.72. The molecule has 7 heteroatoms. The molecular weight excluding hydrogens is 324 g/mol. The van der Waals surface area contributed by atoms with Crippen LogP contribution < -0.4 is 4.90 Å². The van der Waals surface area contributed by atoms with Crippen molar-refractivity contribution < 1.29 is 9.53 Å². The van der Waals surface area contributed by atoms with Crippen LogP contribution in [0.1, 0.15) is 24.8 Å². The minimum absolute atomic E-state index is 0.152. The molecule has 0 bridgehead atoms. The van der Waals surface area contributed by atoms with E-state index < -0.39 is 0 Å². The first-order chi connectivity index (χ1) is 11.7. The third-order valence-electron chi connectivity index (χ3n) is 4.43. The molecule has 4 rings (SSSR count). The number of cyclic esters (lactones) is 1. The molecule has 0 N–H and O–H groups in total. The number of hydrogen-bond donors (Lipinski definition) is 0. The van der Waals surface area contributed by atoms with Crippen molar-refractivity contribution in [1.82, 2.24) is 14.8 Å². The average molecular weight is 344 g/mol. The van der Waals surface area contributed by atoms with Crippen LogP contribution in [-0.2, 0) is 9.53 Å². The average Bonchev–Trinajstić information content (AvgIpc) is 3.30. The number of benzene rings is 1. The lowest BCUT2D eigenvalue weighted by atomic mass is 10.2. The number of carbonyl (C=O) groups is 1. The van der Waals surface area contributed by atoms with E-state index in [9.17, 15) is 4.79 Å². The summed E-state index contributed by atoms with van der Waals surface area (Å²) in [4.78, 5) is 14.1. The molecule has 2 aliphatic rings. The number of aryl methyl sites for hydroxylation is 1. The first-order valence-corrected chi connectivity index (χ1v) is 9.21. The normalized spacial score (nSPS) is 20.6. The molecule has 2 saturated heterocycles. The van der Waals surface area contributed by atoms with Crippen LogP contribution in [-0.4, -0.2) is 45.7 Å². The van der Waals surface area contributed by atoms with Crippen molar-refractivity contribution in [3.63, 3.8) is 0 Å². The standard InChI is InChI=1S/C17H20N4O2S/c1-12-4-6-13(7-5-12)21-16(20-9-2-3-10-20)18-19-17(21)24-14-8-11-23-15(14)22/h4-7,14H,2-3,8-11H2,1H3. The maximum Gasteiger partial charge on any atom is 0.319 e. The summed E-state index contributed by atoms with van der Waals surface area (Å²) in [7, 11) is 0. The van der Waals surface area contributed by atoms with Crippen molar-refractivity contribution >= 4 is 23.7 Å². The minimum atomic E-state index is -0.190. The van der Waals surface area contributed by atoms with Gasteiger partial charge in [0.05, 0.1) is 12.3 Å². The predicted molar refractivity (Wildman–Crippen MR) is 92.8 cm³/mol. The van der Waals surface area contributed by atoms with Crippen molar-refractivity contribution in [2.75, 3.05) is 24.6 Å². The Morgan fingerprint density at radius 3 is 2.58 bits per heavy atom. The zero-order valence-electron chi connectivity index (χ0n) is 13.6. The fraction of sp³-hybridized carbons (Fsp3) is 0.471. The van der Waals surface area contributed by atoms with Gasteiger partial charge in [-0.1, -0.05) is 29.5 Å². The number of rotatable bonds is 4. The molecule has 126 valence electrons. The van der Waals surface area contributed by atoms with E-state index >= 15 is 0 Å². The molecule has 0 radical (unpaired) electrons. The third-order valence-corrected chi connectivity index (χ3v) is 5.62. The van der Waals surface area contributed by atoms with Gasteiger partial charge < -0.3 is 9.64 Å². The molecular formula is C17H20N4O2S. The number of aromatic nitrogens is 3. The van der Waals surface area contributed by atoms with Crippen LogP contribution in [0, 0.1) is 6.92 Å². The van der Waals surface area contributed by atoms with Gasteiger partial charge in [-0.15, -0.1) is 10.2 Å². The number of anilines is 1. The van der Waals surface area contributed by atoms with Crippen molar-refractivity contribution in [2.45, 2.75) is 36.6 Å². The second kappa shape index (κ2) is 6.47. The molecule has 1 atom stereocenters. The maximum absolute atomic E-state index is 11.8. The van der Waals surface area contributed by atoms with Crippen LogP contribution in [0.5, 0.6) is 0 Å². The number of nitrogens with zero attached hydrogens (tertiary/aromatic N) is 4. The quantitative estimate of drug-likeness (QED) is 0.795. The van der Waals surface area contributed by atoms with Crippen molar-refractivity contribution in [1.29, 1.82) is 0 Å². The predicted octanol–water partition coefficient (Wildman–Crippen LogP) is 2.58. The summed E-state index contributed by atoms with van der Waals surface area (Å²) in [5.41, 5.74) is 2.24. The first-order valence-electron chi connectivity index (χ1n) is 8.33. The van der Waals surface area contributed by atoms with Gasteiger partial charge in [-0.3, -0.25) is 9.36 Å². The Hall–Kier alpha value is -2.02. The monoisotopic (exact) mass is 344 g/mol. The lowest BCUT2D eigenvalue weighted by Gasteiger charge is -2.18. The van der Waals surface area contributed by atoms with E-state index in [1.165, 1.54) is 30.2 Å². The van der Waals surface area contributed by atoms with E-state index in [-0.39, 0.29) is 11.2 Å². The van der Waals surface area contributed by atoms with Gasteiger partial charge in [-0.05, 0) is 31.9 Å². The molecule has 2 fully saturated rings. The van der Waals surface area contributed by atoms with Gasteiger partial charge in [0, 0.05) is 19.5 Å². The molecule has 0 spiro atoms. The summed E-state index contributed by atoms with van der Waals surface area (Å²) >= 11 is 1.45. The van der Waals surface area contributed by atoms with Gasteiger partial charge in [0.2, 0.25) is 5.95 Å². The highest BCUT2D eigenvalue weighted by Crippen LogP contribution is 2.33. The Morgan fingerprint density at radius 2 is 1.92 bits per heavy atom. The fourth-order valence-electron chi connectivity index (χ4n) is 3.09. The Morgan fingerprint density at radius 1 is 1.17 bits per heavy atom. The van der Waals surface area contributed by atoms with Gasteiger partial charge in [0.25, 0.3) is 0 Å². The van der Waals surface area contributed by atoms with Gasteiger partial charge >= 0.3 is 5.97 Å². The fourth-order valence-corrected chi connectivity index (χ4v) is 4.11. The maximum atomic E-state index is 11.8. The topological polar surface area (TPSA) is 60.3 Å². The van der Waals surface area contributed by atoms with E-state index in [4.69, 9.17) is 4.74 Å². The summed E-state index contributed by atoms with van der Waals surface area (Å²) in [5, 5.41) is 9.38. The van der Waals surface area contributed by atoms with Crippen LogP contribution in [0.4, 0.5) is 5.95 Å². The summed E-state index contributed by atoms with van der Waals surface area (Å²) in [6.07, 6.45) is 3.08. The van der Waals surface area contributed by atoms with E-state index in [2.05, 4.69) is 50.9 Å². The second-order valence-electron chi connectivity index (χ2n) is 6.21. The van der Waals surface area contributed by atoms with Crippen molar-refractivity contribution in [3.05, 3.63) is 29.8 Å². The Kier molecular flexibility index (Phi) is 4.18. The smallest absolute Gasteiger partial charge is 0.319 e. The van der Waals surface area contributed by atoms with E-state index in [0.717, 1.165) is 36.3 Å². The molecule has 2 aromatic rings. The zero-order valence-corrected chi connectivity index (χ0v) is 14.5. The van der Waals surface area contributed by atoms with Crippen LogP contribution >= 0.6 is 11.8 Å². The molecule has 0 amide bonds. The van der Waals surface area contributed by atoms with Crippen molar-refractivity contribution in [3.8, 4) is 5.69 Å². The molecule has 0 aliphatic carbocycles. The largest absolute Gasteiger partial charge is 0.465 e. The molecule has 1 aromatic heterocycles. The SMILES string of the molecule is Cc1ccc(-n2c(SC3CCOC3=O)nnc2N2CCCC2)cc1. The van der Waals surface area contributed by atoms with Crippen LogP contribution in [0.2, 0.25) is 0 Å². The van der Waals surface area contributed by atoms with Gasteiger partial charge in [0.15, 0.2) is 5.16 Å². The third kappa shape index (κ3) is 2.88. The van der Waals surface area contributed by atoms with E-state index in [0.29, 0.717) is 6.61 Å². The van der Waals surface area contributed by atoms with Gasteiger partial charge in [0.1, 0.15) is 5.25 Å². The zero-order chi connectivity index (χ0) is 16.5. The molecule has 1 aromatic carbocycles. The summed E-state index contributed by atoms with van der Waals surface area (Å²) in [6, 6.07) is 8.33. The number of hydrogen-bond acceptors (Lipinski definition) is 6. The Bertz CT molecular complexity index is 738. The van der Waals surface area contributed by atoms with Crippen LogP contribution in [0.15, 0.2) is 29.4 Å². The lowest BCUT2D eigenvalue weighted by molar-refractivity contribution is -0.137. The van der Waals surface area contributed by atoms with Crippen LogP contribution in [0.25, 0.3) is 5.69 Å². The Labute approximate surface area is 145 Å². The molecule has 1 unspecified atom stereocenters. The number of carbonyl (C=O) groups excluding carboxylic acids is 1. The van der Waals surface area contributed by atoms with Crippen LogP contribution in [0.3, 0.4) is 0 Å². The highest BCUT2D eigenvalue weighted by atomic mass is 32.2. The summed E-state index contributed by atoms with van der Waals surface area (Å²) < 4.78 is 7.15. The second-order valence-corrected chi connectivity index (χ2v) is 7.38. The molecule has 2 aliphatic heterocycles. The minimum Gasteiger partial charge on any atom is -0.465 e. The summed E-state index contributed by atoms with van der Waals surface area (Å²) in [6.45, 7) is 4.57. The van der Waals surface area contributed by atoms with E-state index in [1.54, 1.807) is 0 Å². The van der Waals surface area contributed by atoms with Crippen molar-refractivity contribution in [2.24, 2.45) is 0 Å². The summed E-state index contributed by atoms with van der Waals surface area (Å²) in [5.74, 6) is 0.714. The first kappa shape index (κ1) is 15.5. The highest BCUT2D eigenvalue weighted by molar-refractivity contribution is 8.00. The molecule has 0 saturated carbocycles. The number of ether oxygens (including phenoxy) is 1.